The SMILES string of the molecule is CCOC(=O)CCC(=O)NC1CC(C)CCC1C(C)C. The summed E-state index contributed by atoms with van der Waals surface area (Å²) in [7, 11) is 0. The minimum atomic E-state index is -0.292. The normalized spacial score (nSPS) is 26.4. The van der Waals surface area contributed by atoms with Crippen molar-refractivity contribution in [3.05, 3.63) is 0 Å². The Morgan fingerprint density at radius 3 is 2.55 bits per heavy atom. The zero-order valence-corrected chi connectivity index (χ0v) is 13.3. The molecule has 0 bridgehead atoms. The van der Waals surface area contributed by atoms with E-state index in [0.29, 0.717) is 24.4 Å². The molecule has 3 atom stereocenters. The van der Waals surface area contributed by atoms with Gasteiger partial charge in [-0.3, -0.25) is 9.59 Å². The Bertz CT molecular complexity index is 328. The van der Waals surface area contributed by atoms with E-state index >= 15 is 0 Å². The van der Waals surface area contributed by atoms with Crippen molar-refractivity contribution in [2.24, 2.45) is 17.8 Å². The Morgan fingerprint density at radius 2 is 1.95 bits per heavy atom. The summed E-state index contributed by atoms with van der Waals surface area (Å²) in [5.74, 6) is 1.49. The summed E-state index contributed by atoms with van der Waals surface area (Å²) in [6.45, 7) is 8.83. The fourth-order valence-corrected chi connectivity index (χ4v) is 3.10. The summed E-state index contributed by atoms with van der Waals surface area (Å²) in [6.07, 6.45) is 3.89. The maximum atomic E-state index is 12.0. The maximum absolute atomic E-state index is 12.0. The molecule has 0 aliphatic heterocycles. The van der Waals surface area contributed by atoms with Gasteiger partial charge in [0.1, 0.15) is 0 Å². The highest BCUT2D eigenvalue weighted by Gasteiger charge is 2.31. The van der Waals surface area contributed by atoms with Crippen molar-refractivity contribution < 1.29 is 14.3 Å². The van der Waals surface area contributed by atoms with Crippen molar-refractivity contribution >= 4 is 11.9 Å². The lowest BCUT2D eigenvalue weighted by molar-refractivity contribution is -0.144. The molecule has 1 N–H and O–H groups in total. The molecular formula is C16H29NO3. The number of esters is 1. The molecular weight excluding hydrogens is 254 g/mol. The average molecular weight is 283 g/mol. The summed E-state index contributed by atoms with van der Waals surface area (Å²) in [6, 6.07) is 0.258. The van der Waals surface area contributed by atoms with Crippen LogP contribution in [-0.4, -0.2) is 24.5 Å². The fourth-order valence-electron chi connectivity index (χ4n) is 3.10. The zero-order valence-electron chi connectivity index (χ0n) is 13.3. The molecule has 116 valence electrons. The van der Waals surface area contributed by atoms with Crippen molar-refractivity contribution in [3.8, 4) is 0 Å². The van der Waals surface area contributed by atoms with Crippen LogP contribution >= 0.6 is 0 Å². The molecule has 0 aromatic rings. The highest BCUT2D eigenvalue weighted by atomic mass is 16.5. The predicted octanol–water partition coefficient (Wildman–Crippen LogP) is 2.91. The number of hydrogen-bond acceptors (Lipinski definition) is 3. The van der Waals surface area contributed by atoms with Gasteiger partial charge >= 0.3 is 5.97 Å². The fraction of sp³-hybridized carbons (Fsp3) is 0.875. The first-order valence-electron chi connectivity index (χ1n) is 7.89. The summed E-state index contributed by atoms with van der Waals surface area (Å²) in [5, 5.41) is 3.13. The van der Waals surface area contributed by atoms with Crippen molar-refractivity contribution in [1.29, 1.82) is 0 Å². The quantitative estimate of drug-likeness (QED) is 0.763. The van der Waals surface area contributed by atoms with E-state index in [-0.39, 0.29) is 30.8 Å². The largest absolute Gasteiger partial charge is 0.466 e. The van der Waals surface area contributed by atoms with Crippen molar-refractivity contribution in [2.45, 2.75) is 65.8 Å². The molecule has 0 saturated heterocycles. The second-order valence-corrected chi connectivity index (χ2v) is 6.31. The number of ether oxygens (including phenoxy) is 1. The van der Waals surface area contributed by atoms with Gasteiger partial charge in [0.2, 0.25) is 5.91 Å². The summed E-state index contributed by atoms with van der Waals surface area (Å²) >= 11 is 0. The minimum absolute atomic E-state index is 0.0252. The molecule has 1 saturated carbocycles. The maximum Gasteiger partial charge on any atom is 0.306 e. The molecule has 1 amide bonds. The van der Waals surface area contributed by atoms with Gasteiger partial charge in [-0.25, -0.2) is 0 Å². The Labute approximate surface area is 122 Å². The van der Waals surface area contributed by atoms with E-state index in [2.05, 4.69) is 26.1 Å². The average Bonchev–Trinajstić information content (AvgIpc) is 2.36. The first-order valence-corrected chi connectivity index (χ1v) is 7.89. The van der Waals surface area contributed by atoms with Crippen molar-refractivity contribution in [1.82, 2.24) is 5.32 Å². The van der Waals surface area contributed by atoms with Crippen molar-refractivity contribution in [3.63, 3.8) is 0 Å². The van der Waals surface area contributed by atoms with Gasteiger partial charge in [-0.15, -0.1) is 0 Å². The molecule has 0 heterocycles. The molecule has 1 aliphatic rings. The van der Waals surface area contributed by atoms with Gasteiger partial charge in [0.15, 0.2) is 0 Å². The van der Waals surface area contributed by atoms with Crippen LogP contribution in [0.25, 0.3) is 0 Å². The van der Waals surface area contributed by atoms with Gasteiger partial charge in [0, 0.05) is 12.5 Å². The molecule has 1 fully saturated rings. The molecule has 0 aromatic heterocycles. The van der Waals surface area contributed by atoms with Gasteiger partial charge in [-0.1, -0.05) is 27.2 Å². The van der Waals surface area contributed by atoms with E-state index in [1.54, 1.807) is 6.92 Å². The van der Waals surface area contributed by atoms with Gasteiger partial charge in [-0.2, -0.15) is 0 Å². The molecule has 1 rings (SSSR count). The molecule has 4 heteroatoms. The smallest absolute Gasteiger partial charge is 0.306 e. The lowest BCUT2D eigenvalue weighted by atomic mass is 9.74. The van der Waals surface area contributed by atoms with E-state index in [0.717, 1.165) is 6.42 Å². The summed E-state index contributed by atoms with van der Waals surface area (Å²) < 4.78 is 4.84. The van der Waals surface area contributed by atoms with Crippen molar-refractivity contribution in [2.75, 3.05) is 6.61 Å². The lowest BCUT2D eigenvalue weighted by Gasteiger charge is -2.37. The van der Waals surface area contributed by atoms with Gasteiger partial charge in [0.25, 0.3) is 0 Å². The first-order chi connectivity index (χ1) is 9.43. The Kier molecular flexibility index (Phi) is 7.03. The highest BCUT2D eigenvalue weighted by Crippen LogP contribution is 2.33. The minimum Gasteiger partial charge on any atom is -0.466 e. The van der Waals surface area contributed by atoms with E-state index in [1.807, 2.05) is 0 Å². The lowest BCUT2D eigenvalue weighted by Crippen LogP contribution is -2.45. The number of carbonyl (C=O) groups is 2. The second kappa shape index (κ2) is 8.28. The number of rotatable bonds is 6. The molecule has 3 unspecified atom stereocenters. The summed E-state index contributed by atoms with van der Waals surface area (Å²) in [5.41, 5.74) is 0. The zero-order chi connectivity index (χ0) is 15.1. The van der Waals surface area contributed by atoms with Crippen LogP contribution in [0, 0.1) is 17.8 Å². The molecule has 0 spiro atoms. The molecule has 20 heavy (non-hydrogen) atoms. The standard InChI is InChI=1S/C16H29NO3/c1-5-20-16(19)9-8-15(18)17-14-10-12(4)6-7-13(14)11(2)3/h11-14H,5-10H2,1-4H3,(H,17,18). The van der Waals surface area contributed by atoms with E-state index in [4.69, 9.17) is 4.74 Å². The Morgan fingerprint density at radius 1 is 1.25 bits per heavy atom. The van der Waals surface area contributed by atoms with Gasteiger partial charge < -0.3 is 10.1 Å². The van der Waals surface area contributed by atoms with Crippen LogP contribution < -0.4 is 5.32 Å². The van der Waals surface area contributed by atoms with E-state index in [1.165, 1.54) is 12.8 Å². The van der Waals surface area contributed by atoms with Gasteiger partial charge in [-0.05, 0) is 37.5 Å². The number of nitrogens with one attached hydrogen (secondary N) is 1. The van der Waals surface area contributed by atoms with Gasteiger partial charge in [0.05, 0.1) is 13.0 Å². The molecule has 1 aliphatic carbocycles. The molecule has 0 aromatic carbocycles. The topological polar surface area (TPSA) is 55.4 Å². The van der Waals surface area contributed by atoms with E-state index < -0.39 is 0 Å². The van der Waals surface area contributed by atoms with Crippen LogP contribution in [0.1, 0.15) is 59.8 Å². The van der Waals surface area contributed by atoms with Crippen LogP contribution in [0.2, 0.25) is 0 Å². The number of amides is 1. The molecule has 4 nitrogen and oxygen atoms in total. The van der Waals surface area contributed by atoms with Crippen LogP contribution in [-0.2, 0) is 14.3 Å². The van der Waals surface area contributed by atoms with Crippen LogP contribution in [0.5, 0.6) is 0 Å². The molecule has 0 radical (unpaired) electrons. The first kappa shape index (κ1) is 17.0. The summed E-state index contributed by atoms with van der Waals surface area (Å²) in [4.78, 5) is 23.2. The second-order valence-electron chi connectivity index (χ2n) is 6.31. The van der Waals surface area contributed by atoms with Crippen LogP contribution in [0.15, 0.2) is 0 Å². The van der Waals surface area contributed by atoms with Crippen LogP contribution in [0.4, 0.5) is 0 Å². The number of hydrogen-bond donors (Lipinski definition) is 1. The Balaban J connectivity index is 2.43. The third-order valence-electron chi connectivity index (χ3n) is 4.23. The van der Waals surface area contributed by atoms with Crippen LogP contribution in [0.3, 0.4) is 0 Å². The number of carbonyl (C=O) groups excluding carboxylic acids is 2. The monoisotopic (exact) mass is 283 g/mol. The third-order valence-corrected chi connectivity index (χ3v) is 4.23. The Hall–Kier alpha value is -1.06. The highest BCUT2D eigenvalue weighted by molar-refractivity contribution is 5.81. The third kappa shape index (κ3) is 5.51. The predicted molar refractivity (Wildman–Crippen MR) is 79.1 cm³/mol. The van der Waals surface area contributed by atoms with E-state index in [9.17, 15) is 9.59 Å².